The third kappa shape index (κ3) is 3.32. The van der Waals surface area contributed by atoms with E-state index in [4.69, 9.17) is 0 Å². The van der Waals surface area contributed by atoms with Crippen LogP contribution in [0.1, 0.15) is 42.5 Å². The van der Waals surface area contributed by atoms with Crippen molar-refractivity contribution in [3.63, 3.8) is 0 Å². The first-order valence-electron chi connectivity index (χ1n) is 8.13. The zero-order valence-electron chi connectivity index (χ0n) is 12.9. The number of nitrogens with zero attached hydrogens (tertiary/aromatic N) is 4. The lowest BCUT2D eigenvalue weighted by Gasteiger charge is -2.39. The van der Waals surface area contributed by atoms with Gasteiger partial charge >= 0.3 is 0 Å². The fourth-order valence-electron chi connectivity index (χ4n) is 2.92. The number of hydrogen-bond donors (Lipinski definition) is 0. The number of hydrogen-bond acceptors (Lipinski definition) is 3. The largest absolute Gasteiger partial charge is 0.338 e. The van der Waals surface area contributed by atoms with E-state index in [0.29, 0.717) is 18.4 Å². The quantitative estimate of drug-likeness (QED) is 0.808. The van der Waals surface area contributed by atoms with Crippen molar-refractivity contribution in [1.82, 2.24) is 19.9 Å². The average Bonchev–Trinajstić information content (AvgIpc) is 3.25. The summed E-state index contributed by atoms with van der Waals surface area (Å²) in [7, 11) is 0. The van der Waals surface area contributed by atoms with E-state index in [9.17, 15) is 4.79 Å². The van der Waals surface area contributed by atoms with Crippen molar-refractivity contribution in [2.45, 2.75) is 37.6 Å². The Labute approximate surface area is 143 Å². The molecule has 0 N–H and O–H groups in total. The van der Waals surface area contributed by atoms with Crippen molar-refractivity contribution in [1.29, 1.82) is 0 Å². The molecule has 1 saturated heterocycles. The number of carbonyl (C=O) groups is 1. The van der Waals surface area contributed by atoms with Crippen LogP contribution in [-0.2, 0) is 11.2 Å². The number of rotatable bonds is 5. The average molecular weight is 375 g/mol. The summed E-state index contributed by atoms with van der Waals surface area (Å²) >= 11 is 3.42. The van der Waals surface area contributed by atoms with Gasteiger partial charge in [0.1, 0.15) is 0 Å². The highest BCUT2D eigenvalue weighted by Crippen LogP contribution is 2.39. The van der Waals surface area contributed by atoms with Crippen molar-refractivity contribution in [3.8, 4) is 0 Å². The summed E-state index contributed by atoms with van der Waals surface area (Å²) in [6.07, 6.45) is 5.90. The number of halogens is 1. The first-order valence-corrected chi connectivity index (χ1v) is 8.92. The van der Waals surface area contributed by atoms with Crippen LogP contribution < -0.4 is 0 Å². The van der Waals surface area contributed by atoms with Crippen molar-refractivity contribution >= 4 is 21.8 Å². The Kier molecular flexibility index (Phi) is 3.93. The molecule has 1 aromatic heterocycles. The Balaban J connectivity index is 1.25. The molecule has 1 aliphatic carbocycles. The predicted octanol–water partition coefficient (Wildman–Crippen LogP) is 2.93. The van der Waals surface area contributed by atoms with Gasteiger partial charge in [0, 0.05) is 36.1 Å². The SMILES string of the molecule is O=C(CCc1ccc(Br)cc1)N1CC(n2cc(C3CC3)nn2)C1. The molecule has 4 rings (SSSR count). The van der Waals surface area contributed by atoms with Gasteiger partial charge in [-0.3, -0.25) is 4.79 Å². The van der Waals surface area contributed by atoms with Gasteiger partial charge in [-0.1, -0.05) is 33.3 Å². The first kappa shape index (κ1) is 14.9. The maximum absolute atomic E-state index is 12.2. The van der Waals surface area contributed by atoms with E-state index in [1.807, 2.05) is 21.7 Å². The second-order valence-electron chi connectivity index (χ2n) is 6.48. The molecule has 2 aromatic rings. The maximum Gasteiger partial charge on any atom is 0.223 e. The van der Waals surface area contributed by atoms with Crippen LogP contribution in [0.2, 0.25) is 0 Å². The molecule has 1 amide bonds. The Hall–Kier alpha value is -1.69. The number of aromatic nitrogens is 3. The molecule has 0 unspecified atom stereocenters. The van der Waals surface area contributed by atoms with E-state index in [1.165, 1.54) is 18.4 Å². The molecule has 6 heteroatoms. The highest BCUT2D eigenvalue weighted by atomic mass is 79.9. The van der Waals surface area contributed by atoms with Gasteiger partial charge in [0.05, 0.1) is 11.7 Å². The molecule has 1 aliphatic heterocycles. The number of amides is 1. The third-order valence-electron chi connectivity index (χ3n) is 4.65. The van der Waals surface area contributed by atoms with E-state index in [-0.39, 0.29) is 5.91 Å². The van der Waals surface area contributed by atoms with Gasteiger partial charge in [-0.15, -0.1) is 5.10 Å². The lowest BCUT2D eigenvalue weighted by molar-refractivity contribution is -0.137. The minimum absolute atomic E-state index is 0.228. The molecule has 2 aliphatic rings. The molecule has 5 nitrogen and oxygen atoms in total. The van der Waals surface area contributed by atoms with E-state index in [1.54, 1.807) is 0 Å². The molecule has 0 radical (unpaired) electrons. The second kappa shape index (κ2) is 6.07. The van der Waals surface area contributed by atoms with Gasteiger partial charge in [-0.2, -0.15) is 0 Å². The number of benzene rings is 1. The molecule has 0 atom stereocenters. The van der Waals surface area contributed by atoms with Crippen LogP contribution in [0.15, 0.2) is 34.9 Å². The molecule has 2 heterocycles. The van der Waals surface area contributed by atoms with Crippen molar-refractivity contribution in [2.75, 3.05) is 13.1 Å². The van der Waals surface area contributed by atoms with Crippen molar-refractivity contribution in [2.24, 2.45) is 0 Å². The summed E-state index contributed by atoms with van der Waals surface area (Å²) in [6.45, 7) is 1.51. The highest BCUT2D eigenvalue weighted by Gasteiger charge is 2.34. The minimum atomic E-state index is 0.228. The summed E-state index contributed by atoms with van der Waals surface area (Å²) in [5, 5.41) is 8.46. The highest BCUT2D eigenvalue weighted by molar-refractivity contribution is 9.10. The van der Waals surface area contributed by atoms with E-state index >= 15 is 0 Å². The summed E-state index contributed by atoms with van der Waals surface area (Å²) < 4.78 is 3.00. The Morgan fingerprint density at radius 1 is 1.22 bits per heavy atom. The number of aryl methyl sites for hydroxylation is 1. The fraction of sp³-hybridized carbons (Fsp3) is 0.471. The van der Waals surface area contributed by atoms with Gasteiger partial charge in [0.15, 0.2) is 0 Å². The normalized spacial score (nSPS) is 18.0. The Bertz CT molecular complexity index is 702. The molecule has 23 heavy (non-hydrogen) atoms. The van der Waals surface area contributed by atoms with Gasteiger partial charge in [-0.05, 0) is 37.0 Å². The first-order chi connectivity index (χ1) is 11.2. The van der Waals surface area contributed by atoms with Crippen molar-refractivity contribution in [3.05, 3.63) is 46.2 Å². The van der Waals surface area contributed by atoms with Crippen LogP contribution in [0.5, 0.6) is 0 Å². The van der Waals surface area contributed by atoms with Gasteiger partial charge in [-0.25, -0.2) is 4.68 Å². The zero-order chi connectivity index (χ0) is 15.8. The molecule has 0 spiro atoms. The molecule has 1 aromatic carbocycles. The van der Waals surface area contributed by atoms with Crippen LogP contribution in [0.3, 0.4) is 0 Å². The van der Waals surface area contributed by atoms with E-state index < -0.39 is 0 Å². The van der Waals surface area contributed by atoms with Gasteiger partial charge < -0.3 is 4.90 Å². The Morgan fingerprint density at radius 2 is 1.96 bits per heavy atom. The maximum atomic E-state index is 12.2. The summed E-state index contributed by atoms with van der Waals surface area (Å²) in [5.74, 6) is 0.860. The lowest BCUT2D eigenvalue weighted by Crippen LogP contribution is -2.51. The number of likely N-dealkylation sites (tertiary alicyclic amines) is 1. The topological polar surface area (TPSA) is 51.0 Å². The monoisotopic (exact) mass is 374 g/mol. The number of carbonyl (C=O) groups excluding carboxylic acids is 1. The minimum Gasteiger partial charge on any atom is -0.338 e. The van der Waals surface area contributed by atoms with E-state index in [2.05, 4.69) is 44.6 Å². The third-order valence-corrected chi connectivity index (χ3v) is 5.18. The van der Waals surface area contributed by atoms with Gasteiger partial charge in [0.25, 0.3) is 0 Å². The van der Waals surface area contributed by atoms with E-state index in [0.717, 1.165) is 29.7 Å². The zero-order valence-corrected chi connectivity index (χ0v) is 14.4. The molecule has 2 fully saturated rings. The predicted molar refractivity (Wildman–Crippen MR) is 90.1 cm³/mol. The standard InChI is InChI=1S/C17H19BrN4O/c18-14-6-1-12(2-7-14)3-8-17(23)21-9-15(10-21)22-11-16(19-20-22)13-4-5-13/h1-2,6-7,11,13,15H,3-5,8-10H2. The lowest BCUT2D eigenvalue weighted by atomic mass is 10.1. The smallest absolute Gasteiger partial charge is 0.223 e. The van der Waals surface area contributed by atoms with Crippen LogP contribution in [0, 0.1) is 0 Å². The van der Waals surface area contributed by atoms with Crippen LogP contribution in [-0.4, -0.2) is 38.9 Å². The molecule has 1 saturated carbocycles. The molecule has 0 bridgehead atoms. The molecule has 120 valence electrons. The fourth-order valence-corrected chi connectivity index (χ4v) is 3.19. The van der Waals surface area contributed by atoms with Crippen LogP contribution in [0.25, 0.3) is 0 Å². The molecular formula is C17H19BrN4O. The van der Waals surface area contributed by atoms with Crippen molar-refractivity contribution < 1.29 is 4.79 Å². The van der Waals surface area contributed by atoms with Gasteiger partial charge in [0.2, 0.25) is 5.91 Å². The second-order valence-corrected chi connectivity index (χ2v) is 7.39. The molecular weight excluding hydrogens is 356 g/mol. The summed E-state index contributed by atoms with van der Waals surface area (Å²) in [4.78, 5) is 14.2. The van der Waals surface area contributed by atoms with Crippen LogP contribution >= 0.6 is 15.9 Å². The Morgan fingerprint density at radius 3 is 2.65 bits per heavy atom. The summed E-state index contributed by atoms with van der Waals surface area (Å²) in [5.41, 5.74) is 2.31. The summed E-state index contributed by atoms with van der Waals surface area (Å²) in [6, 6.07) is 8.45. The van der Waals surface area contributed by atoms with Crippen LogP contribution in [0.4, 0.5) is 0 Å².